The predicted octanol–water partition coefficient (Wildman–Crippen LogP) is 4.33. The minimum Gasteiger partial charge on any atom is -0.493 e. The van der Waals surface area contributed by atoms with Gasteiger partial charge in [0.2, 0.25) is 5.82 Å². The van der Waals surface area contributed by atoms with Crippen LogP contribution in [-0.2, 0) is 0 Å². The summed E-state index contributed by atoms with van der Waals surface area (Å²) >= 11 is 0. The summed E-state index contributed by atoms with van der Waals surface area (Å²) in [6, 6.07) is 4.11. The summed E-state index contributed by atoms with van der Waals surface area (Å²) in [5.74, 6) is -11.0. The summed E-state index contributed by atoms with van der Waals surface area (Å²) in [5.41, 5.74) is 2.20. The van der Waals surface area contributed by atoms with Gasteiger partial charge in [-0.15, -0.1) is 0 Å². The van der Waals surface area contributed by atoms with E-state index in [1.165, 1.54) is 25.3 Å². The fourth-order valence-electron chi connectivity index (χ4n) is 2.16. The first-order valence-corrected chi connectivity index (χ1v) is 8.20. The number of hydrazine groups is 1. The van der Waals surface area contributed by atoms with Gasteiger partial charge >= 0.3 is 0 Å². The molecule has 0 bridgehead atoms. The van der Waals surface area contributed by atoms with E-state index >= 15 is 0 Å². The minimum atomic E-state index is -2.30. The highest BCUT2D eigenvalue weighted by atomic mass is 19.2. The Morgan fingerprint density at radius 1 is 0.964 bits per heavy atom. The van der Waals surface area contributed by atoms with Crippen molar-refractivity contribution in [1.29, 1.82) is 0 Å². The van der Waals surface area contributed by atoms with Crippen LogP contribution in [-0.4, -0.2) is 19.6 Å². The molecular formula is C18H17F5N2O3. The average molecular weight is 404 g/mol. The van der Waals surface area contributed by atoms with Gasteiger partial charge in [0.1, 0.15) is 5.69 Å². The maximum atomic E-state index is 13.6. The molecule has 0 aliphatic heterocycles. The lowest BCUT2D eigenvalue weighted by molar-refractivity contribution is 0.0962. The molecule has 0 aliphatic rings. The van der Waals surface area contributed by atoms with E-state index in [0.717, 1.165) is 12.8 Å². The van der Waals surface area contributed by atoms with Crippen LogP contribution in [0.1, 0.15) is 30.1 Å². The zero-order chi connectivity index (χ0) is 20.8. The van der Waals surface area contributed by atoms with Gasteiger partial charge in [0.05, 0.1) is 13.7 Å². The molecule has 28 heavy (non-hydrogen) atoms. The van der Waals surface area contributed by atoms with Gasteiger partial charge in [0.25, 0.3) is 5.91 Å². The Balaban J connectivity index is 2.16. The number of amides is 1. The number of carbonyl (C=O) groups is 1. The zero-order valence-corrected chi connectivity index (χ0v) is 15.0. The van der Waals surface area contributed by atoms with E-state index in [1.807, 2.05) is 12.3 Å². The fraction of sp³-hybridized carbons (Fsp3) is 0.278. The third kappa shape index (κ3) is 4.44. The average Bonchev–Trinajstić information content (AvgIpc) is 2.70. The molecule has 10 heteroatoms. The summed E-state index contributed by atoms with van der Waals surface area (Å²) in [4.78, 5) is 12.1. The first-order chi connectivity index (χ1) is 13.3. The highest BCUT2D eigenvalue weighted by Gasteiger charge is 2.26. The van der Waals surface area contributed by atoms with Crippen molar-refractivity contribution in [2.75, 3.05) is 19.1 Å². The Kier molecular flexibility index (Phi) is 7.02. The van der Waals surface area contributed by atoms with Gasteiger partial charge in [-0.05, 0) is 24.6 Å². The lowest BCUT2D eigenvalue weighted by Crippen LogP contribution is -2.31. The maximum Gasteiger partial charge on any atom is 0.269 e. The number of anilines is 1. The predicted molar refractivity (Wildman–Crippen MR) is 90.7 cm³/mol. The highest BCUT2D eigenvalue weighted by molar-refractivity contribution is 5.95. The van der Waals surface area contributed by atoms with Crippen LogP contribution < -0.4 is 20.3 Å². The molecule has 5 nitrogen and oxygen atoms in total. The molecule has 0 heterocycles. The standard InChI is InChI=1S/C18H17F5N2O3/c1-3-4-7-28-10-6-5-9(8-11(10)27-2)18(26)25-24-17-15(22)13(20)12(19)14(21)16(17)23/h5-6,8,24H,3-4,7H2,1-2H3,(H,25,26). The Morgan fingerprint density at radius 3 is 2.14 bits per heavy atom. The van der Waals surface area contributed by atoms with Crippen LogP contribution in [0.15, 0.2) is 18.2 Å². The second-order valence-corrected chi connectivity index (χ2v) is 5.59. The quantitative estimate of drug-likeness (QED) is 0.226. The van der Waals surface area contributed by atoms with E-state index in [1.54, 1.807) is 5.43 Å². The number of halogens is 5. The molecule has 2 N–H and O–H groups in total. The number of hydrogen-bond donors (Lipinski definition) is 2. The molecular weight excluding hydrogens is 387 g/mol. The fourth-order valence-corrected chi connectivity index (χ4v) is 2.16. The van der Waals surface area contributed by atoms with Crippen molar-refractivity contribution >= 4 is 11.6 Å². The molecule has 1 amide bonds. The number of nitrogens with one attached hydrogen (secondary N) is 2. The van der Waals surface area contributed by atoms with E-state index < -0.39 is 40.7 Å². The first kappa shape index (κ1) is 21.3. The van der Waals surface area contributed by atoms with Gasteiger partial charge < -0.3 is 9.47 Å². The van der Waals surface area contributed by atoms with Gasteiger partial charge in [0.15, 0.2) is 34.8 Å². The minimum absolute atomic E-state index is 0.00364. The van der Waals surface area contributed by atoms with Crippen LogP contribution in [0.3, 0.4) is 0 Å². The molecule has 0 radical (unpaired) electrons. The molecule has 2 aromatic rings. The molecule has 0 saturated carbocycles. The van der Waals surface area contributed by atoms with E-state index in [9.17, 15) is 26.7 Å². The number of ether oxygens (including phenoxy) is 2. The van der Waals surface area contributed by atoms with E-state index in [0.29, 0.717) is 12.4 Å². The van der Waals surface area contributed by atoms with Crippen molar-refractivity contribution < 1.29 is 36.2 Å². The van der Waals surface area contributed by atoms with Gasteiger partial charge in [-0.3, -0.25) is 15.6 Å². The molecule has 2 aromatic carbocycles. The zero-order valence-electron chi connectivity index (χ0n) is 15.0. The smallest absolute Gasteiger partial charge is 0.269 e. The number of rotatable bonds is 8. The summed E-state index contributed by atoms with van der Waals surface area (Å²) in [6.45, 7) is 2.44. The Bertz CT molecular complexity index is 848. The summed E-state index contributed by atoms with van der Waals surface area (Å²) in [6.07, 6.45) is 1.74. The third-order valence-electron chi connectivity index (χ3n) is 3.69. The Hall–Kier alpha value is -3.04. The number of unbranched alkanes of at least 4 members (excludes halogenated alkanes) is 1. The molecule has 0 saturated heterocycles. The summed E-state index contributed by atoms with van der Waals surface area (Å²) < 4.78 is 77.2. The molecule has 0 fully saturated rings. The van der Waals surface area contributed by atoms with Crippen molar-refractivity contribution in [2.24, 2.45) is 0 Å². The van der Waals surface area contributed by atoms with Crippen LogP contribution in [0, 0.1) is 29.1 Å². The summed E-state index contributed by atoms with van der Waals surface area (Å²) in [5, 5.41) is 0. The maximum absolute atomic E-state index is 13.6. The molecule has 2 rings (SSSR count). The summed E-state index contributed by atoms with van der Waals surface area (Å²) in [7, 11) is 1.36. The normalized spacial score (nSPS) is 10.5. The van der Waals surface area contributed by atoms with Gasteiger partial charge in [-0.2, -0.15) is 0 Å². The highest BCUT2D eigenvalue weighted by Crippen LogP contribution is 2.29. The number of hydrogen-bond acceptors (Lipinski definition) is 4. The number of carbonyl (C=O) groups excluding carboxylic acids is 1. The lowest BCUT2D eigenvalue weighted by atomic mass is 10.2. The van der Waals surface area contributed by atoms with Crippen LogP contribution in [0.4, 0.5) is 27.6 Å². The third-order valence-corrected chi connectivity index (χ3v) is 3.69. The first-order valence-electron chi connectivity index (χ1n) is 8.20. The number of methoxy groups -OCH3 is 1. The van der Waals surface area contributed by atoms with E-state index in [4.69, 9.17) is 9.47 Å². The van der Waals surface area contributed by atoms with Crippen molar-refractivity contribution in [3.8, 4) is 11.5 Å². The van der Waals surface area contributed by atoms with Crippen LogP contribution in [0.5, 0.6) is 11.5 Å². The SMILES string of the molecule is CCCCOc1ccc(C(=O)NNc2c(F)c(F)c(F)c(F)c2F)cc1OC. The van der Waals surface area contributed by atoms with Crippen LogP contribution in [0.25, 0.3) is 0 Å². The second kappa shape index (κ2) is 9.25. The van der Waals surface area contributed by atoms with Crippen molar-refractivity contribution in [3.05, 3.63) is 52.8 Å². The molecule has 0 spiro atoms. The van der Waals surface area contributed by atoms with Gasteiger partial charge in [-0.1, -0.05) is 13.3 Å². The molecule has 0 unspecified atom stereocenters. The lowest BCUT2D eigenvalue weighted by Gasteiger charge is -2.14. The van der Waals surface area contributed by atoms with Crippen molar-refractivity contribution in [1.82, 2.24) is 5.43 Å². The Labute approximate surface area is 157 Å². The van der Waals surface area contributed by atoms with Crippen LogP contribution >= 0.6 is 0 Å². The topological polar surface area (TPSA) is 59.6 Å². The second-order valence-electron chi connectivity index (χ2n) is 5.59. The molecule has 0 aliphatic carbocycles. The monoisotopic (exact) mass is 404 g/mol. The van der Waals surface area contributed by atoms with Crippen molar-refractivity contribution in [2.45, 2.75) is 19.8 Å². The van der Waals surface area contributed by atoms with E-state index in [-0.39, 0.29) is 11.3 Å². The van der Waals surface area contributed by atoms with Gasteiger partial charge in [-0.25, -0.2) is 22.0 Å². The van der Waals surface area contributed by atoms with Crippen molar-refractivity contribution in [3.63, 3.8) is 0 Å². The van der Waals surface area contributed by atoms with E-state index in [2.05, 4.69) is 0 Å². The molecule has 152 valence electrons. The number of benzene rings is 2. The largest absolute Gasteiger partial charge is 0.493 e. The molecule has 0 aromatic heterocycles. The Morgan fingerprint density at radius 2 is 1.57 bits per heavy atom. The van der Waals surface area contributed by atoms with Crippen LogP contribution in [0.2, 0.25) is 0 Å². The molecule has 0 atom stereocenters. The van der Waals surface area contributed by atoms with Gasteiger partial charge in [0, 0.05) is 5.56 Å².